The van der Waals surface area contributed by atoms with Gasteiger partial charge in [-0.25, -0.2) is 0 Å². The van der Waals surface area contributed by atoms with Gasteiger partial charge < -0.3 is 38.3 Å². The topological polar surface area (TPSA) is 301 Å². The van der Waals surface area contributed by atoms with Crippen molar-refractivity contribution in [2.24, 2.45) is 0 Å². The van der Waals surface area contributed by atoms with Crippen LogP contribution in [0, 0.1) is 0 Å². The summed E-state index contributed by atoms with van der Waals surface area (Å²) in [5.74, 6) is 0. The van der Waals surface area contributed by atoms with Crippen molar-refractivity contribution in [2.75, 3.05) is 0 Å². The fourth-order valence-corrected chi connectivity index (χ4v) is 0. The van der Waals surface area contributed by atoms with Crippen LogP contribution in [0.1, 0.15) is 0 Å². The Labute approximate surface area is 126 Å². The molecule has 0 saturated heterocycles. The van der Waals surface area contributed by atoms with Crippen LogP contribution < -0.4 is 67.5 Å². The minimum Gasteiger partial charge on any atom is 1.00 e. The van der Waals surface area contributed by atoms with Gasteiger partial charge in [-0.2, -0.15) is 0 Å². The minimum absolute atomic E-state index is 0. The summed E-state index contributed by atoms with van der Waals surface area (Å²) in [5.41, 5.74) is 0. The van der Waals surface area contributed by atoms with Crippen LogP contribution in [-0.2, 0) is 7.67 Å². The molecule has 0 aromatic rings. The molecule has 11 nitrogen and oxygen atoms in total. The summed E-state index contributed by atoms with van der Waals surface area (Å²) >= 11 is -5.75. The maximum Gasteiger partial charge on any atom is 1.00 e. The van der Waals surface area contributed by atoms with Gasteiger partial charge in [-0.3, -0.25) is 0 Å². The monoisotopic (exact) mass is 316 g/mol. The Hall–Kier alpha value is 1.76. The third-order valence-corrected chi connectivity index (χ3v) is 0. The normalized spacial score (nSPS) is 4.14. The summed E-state index contributed by atoms with van der Waals surface area (Å²) in [6.45, 7) is 0. The summed E-state index contributed by atoms with van der Waals surface area (Å²) in [6.07, 6.45) is 0. The third kappa shape index (κ3) is 724. The van der Waals surface area contributed by atoms with Gasteiger partial charge in [0, 0.05) is 0 Å². The van der Waals surface area contributed by atoms with E-state index in [2.05, 4.69) is 0 Å². The van der Waals surface area contributed by atoms with Crippen LogP contribution in [0.15, 0.2) is 0 Å². The van der Waals surface area contributed by atoms with Crippen LogP contribution >= 0.6 is 0 Å². The predicted molar refractivity (Wildman–Crippen MR) is 32.4 cm³/mol. The van der Waals surface area contributed by atoms with Crippen molar-refractivity contribution in [3.8, 4) is 0 Å². The van der Waals surface area contributed by atoms with Gasteiger partial charge in [0.05, 0.1) is 0 Å². The molecule has 0 bridgehead atoms. The first kappa shape index (κ1) is 103. The second-order valence-electron chi connectivity index (χ2n) is 0.408. The summed E-state index contributed by atoms with van der Waals surface area (Å²) < 4.78 is 34.4. The Balaban J connectivity index is -0.00000000222. The molecule has 0 aliphatic rings. The molecule has 14 heteroatoms. The van der Waals surface area contributed by atoms with E-state index in [0.29, 0.717) is 0 Å². The molecule has 0 aliphatic heterocycles. The molecule has 0 fully saturated rings. The Morgan fingerprint density at radius 2 is 0.571 bits per heavy atom. The van der Waals surface area contributed by atoms with Crippen LogP contribution in [-0.4, -0.2) is 51.7 Å². The standard InChI is InChI=1S/2Na.H2O4Se.7H2O/c;;1-5(2,3)4;;;;;;;/h;;(H2,1,2,3,4);7*1H2/q2*+1;;;;;;;;/p-2. The van der Waals surface area contributed by atoms with E-state index in [1.807, 2.05) is 0 Å². The van der Waals surface area contributed by atoms with Gasteiger partial charge in [0.1, 0.15) is 0 Å². The van der Waals surface area contributed by atoms with Gasteiger partial charge in [-0.15, -0.1) is 0 Å². The number of rotatable bonds is 0. The first-order valence-corrected chi connectivity index (χ1v) is 3.46. The van der Waals surface area contributed by atoms with Crippen LogP contribution in [0.2, 0.25) is 0 Å². The van der Waals surface area contributed by atoms with Gasteiger partial charge in [0.25, 0.3) is 0 Å². The molecule has 14 N–H and O–H groups in total. The van der Waals surface area contributed by atoms with Crippen molar-refractivity contribution in [1.82, 2.24) is 0 Å². The van der Waals surface area contributed by atoms with Gasteiger partial charge in [0.15, 0.2) is 0 Å². The fourth-order valence-electron chi connectivity index (χ4n) is 0. The largest absolute Gasteiger partial charge is 1.00 e. The van der Waals surface area contributed by atoms with E-state index in [1.54, 1.807) is 0 Å². The maximum absolute atomic E-state index is 8.59. The van der Waals surface area contributed by atoms with Crippen molar-refractivity contribution in [2.45, 2.75) is 0 Å². The van der Waals surface area contributed by atoms with Crippen LogP contribution in [0.25, 0.3) is 0 Å². The second-order valence-corrected chi connectivity index (χ2v) is 2.12. The van der Waals surface area contributed by atoms with Crippen molar-refractivity contribution in [1.29, 1.82) is 0 Å². The quantitative estimate of drug-likeness (QED) is 0.392. The summed E-state index contributed by atoms with van der Waals surface area (Å²) in [7, 11) is 0. The first-order valence-electron chi connectivity index (χ1n) is 0.667. The number of hydrogen-bond donors (Lipinski definition) is 0. The predicted octanol–water partition coefficient (Wildman–Crippen LogP) is -14.8. The van der Waals surface area contributed by atoms with E-state index in [4.69, 9.17) is 16.0 Å². The molecule has 0 aromatic heterocycles. The third-order valence-electron chi connectivity index (χ3n) is 0. The van der Waals surface area contributed by atoms with Gasteiger partial charge in [-0.1, -0.05) is 0 Å². The molecule has 0 aliphatic carbocycles. The zero-order valence-corrected chi connectivity index (χ0v) is 13.3. The summed E-state index contributed by atoms with van der Waals surface area (Å²) in [4.78, 5) is 0. The SMILES string of the molecule is O.O.O.O.O.O.O.O=[Se](=O)([O-])[O-].[Na+].[Na+]. The molecule has 0 amide bonds. The molecule has 0 unspecified atom stereocenters. The Morgan fingerprint density at radius 3 is 0.571 bits per heavy atom. The molecule has 0 spiro atoms. The first-order chi connectivity index (χ1) is 2.00. The summed E-state index contributed by atoms with van der Waals surface area (Å²) in [6, 6.07) is 0. The van der Waals surface area contributed by atoms with E-state index in [-0.39, 0.29) is 97.4 Å². The fraction of sp³-hybridized carbons (Fsp3) is 0. The van der Waals surface area contributed by atoms with Gasteiger partial charge >= 0.3 is 88.5 Å². The molecule has 0 radical (unpaired) electrons. The molecule has 0 atom stereocenters. The van der Waals surface area contributed by atoms with Crippen LogP contribution in [0.3, 0.4) is 0 Å². The van der Waals surface area contributed by atoms with Gasteiger partial charge in [-0.05, 0) is 0 Å². The number of hydrogen-bond acceptors (Lipinski definition) is 4. The summed E-state index contributed by atoms with van der Waals surface area (Å²) in [5, 5.41) is 0. The molecule has 88 valence electrons. The molecule has 0 aromatic carbocycles. The second kappa shape index (κ2) is 46.4. The molecular formula is H14Na2O11Se. The molecular weight excluding hydrogens is 301 g/mol. The smallest absolute Gasteiger partial charge is 1.00 e. The molecule has 0 rings (SSSR count). The van der Waals surface area contributed by atoms with Crippen molar-refractivity contribution in [3.63, 3.8) is 0 Å². The van der Waals surface area contributed by atoms with Crippen molar-refractivity contribution >= 4 is 13.4 Å². The minimum atomic E-state index is -5.75. The zero-order valence-electron chi connectivity index (χ0n) is 7.54. The maximum atomic E-state index is 8.59. The van der Waals surface area contributed by atoms with Crippen molar-refractivity contribution < 1.29 is 113 Å². The van der Waals surface area contributed by atoms with Crippen molar-refractivity contribution in [3.05, 3.63) is 0 Å². The Bertz CT molecular complexity index is 96.5. The zero-order chi connectivity index (χ0) is 4.50. The molecule has 0 heterocycles. The van der Waals surface area contributed by atoms with Crippen LogP contribution in [0.5, 0.6) is 0 Å². The molecule has 14 heavy (non-hydrogen) atoms. The van der Waals surface area contributed by atoms with E-state index in [9.17, 15) is 0 Å². The van der Waals surface area contributed by atoms with Crippen LogP contribution in [0.4, 0.5) is 0 Å². The Kier molecular flexibility index (Phi) is 343. The average molecular weight is 315 g/mol. The van der Waals surface area contributed by atoms with E-state index < -0.39 is 13.4 Å². The van der Waals surface area contributed by atoms with E-state index in [1.165, 1.54) is 0 Å². The van der Waals surface area contributed by atoms with E-state index >= 15 is 0 Å². The average Bonchev–Trinajstić information content (AvgIpc) is 0.722. The molecule has 0 saturated carbocycles. The van der Waals surface area contributed by atoms with E-state index in [0.717, 1.165) is 0 Å². The Morgan fingerprint density at radius 1 is 0.571 bits per heavy atom. The van der Waals surface area contributed by atoms with Gasteiger partial charge in [0.2, 0.25) is 0 Å².